The maximum Gasteiger partial charge on any atom is 0.335 e. The standard InChI is InChI=1S/C23H21N3O5S/c1-2-30-19(27)13-26-21(20(25-23(26)32)16-8-3-4-11-24-16)18-10-9-17(31-18)14-6-5-7-15(12-14)22(28)29/h3-12,20-21H,2,13H2,1H3,(H,25,32)(H,28,29)/t20-,21-/m0/s1. The van der Waals surface area contributed by atoms with Gasteiger partial charge in [0.05, 0.1) is 23.9 Å². The van der Waals surface area contributed by atoms with Crippen molar-refractivity contribution in [1.29, 1.82) is 0 Å². The molecule has 4 rings (SSSR count). The first-order chi connectivity index (χ1) is 15.5. The number of furan rings is 1. The monoisotopic (exact) mass is 451 g/mol. The van der Waals surface area contributed by atoms with Crippen LogP contribution in [0.1, 0.15) is 40.8 Å². The zero-order chi connectivity index (χ0) is 22.7. The van der Waals surface area contributed by atoms with Gasteiger partial charge < -0.3 is 24.5 Å². The molecule has 3 aromatic rings. The highest BCUT2D eigenvalue weighted by atomic mass is 32.1. The van der Waals surface area contributed by atoms with Gasteiger partial charge in [-0.25, -0.2) is 4.79 Å². The maximum absolute atomic E-state index is 12.2. The summed E-state index contributed by atoms with van der Waals surface area (Å²) in [5, 5.41) is 12.9. The van der Waals surface area contributed by atoms with Crippen LogP contribution < -0.4 is 5.32 Å². The van der Waals surface area contributed by atoms with E-state index in [-0.39, 0.29) is 24.8 Å². The number of ether oxygens (including phenoxy) is 1. The maximum atomic E-state index is 12.2. The van der Waals surface area contributed by atoms with Gasteiger partial charge >= 0.3 is 11.9 Å². The summed E-state index contributed by atoms with van der Waals surface area (Å²) < 4.78 is 11.3. The van der Waals surface area contributed by atoms with Crippen LogP contribution in [0.3, 0.4) is 0 Å². The van der Waals surface area contributed by atoms with Crippen molar-refractivity contribution in [3.05, 3.63) is 77.8 Å². The summed E-state index contributed by atoms with van der Waals surface area (Å²) >= 11 is 5.52. The van der Waals surface area contributed by atoms with Crippen molar-refractivity contribution in [1.82, 2.24) is 15.2 Å². The molecule has 0 amide bonds. The second kappa shape index (κ2) is 9.19. The van der Waals surface area contributed by atoms with Gasteiger partial charge in [-0.05, 0) is 55.5 Å². The number of carboxylic acid groups (broad SMARTS) is 1. The second-order valence-corrected chi connectivity index (χ2v) is 7.53. The van der Waals surface area contributed by atoms with Crippen LogP contribution in [-0.2, 0) is 9.53 Å². The van der Waals surface area contributed by atoms with Gasteiger partial charge in [-0.2, -0.15) is 0 Å². The number of rotatable bonds is 7. The van der Waals surface area contributed by atoms with Crippen LogP contribution in [0.2, 0.25) is 0 Å². The fourth-order valence-corrected chi connectivity index (χ4v) is 4.01. The molecule has 2 atom stereocenters. The molecule has 0 spiro atoms. The van der Waals surface area contributed by atoms with Gasteiger partial charge in [-0.3, -0.25) is 9.78 Å². The van der Waals surface area contributed by atoms with Gasteiger partial charge in [0.2, 0.25) is 0 Å². The van der Waals surface area contributed by atoms with Gasteiger partial charge in [-0.1, -0.05) is 18.2 Å². The van der Waals surface area contributed by atoms with Crippen molar-refractivity contribution in [2.24, 2.45) is 0 Å². The number of nitrogens with zero attached hydrogens (tertiary/aromatic N) is 2. The van der Waals surface area contributed by atoms with Crippen LogP contribution in [-0.4, -0.2) is 45.2 Å². The molecule has 1 saturated heterocycles. The molecule has 0 saturated carbocycles. The number of carboxylic acids is 1. The molecule has 0 aliphatic carbocycles. The third-order valence-corrected chi connectivity index (χ3v) is 5.47. The molecule has 1 fully saturated rings. The Morgan fingerprint density at radius 1 is 1.22 bits per heavy atom. The molecule has 0 radical (unpaired) electrons. The van der Waals surface area contributed by atoms with E-state index < -0.39 is 18.0 Å². The highest BCUT2D eigenvalue weighted by molar-refractivity contribution is 7.80. The van der Waals surface area contributed by atoms with E-state index in [1.807, 2.05) is 18.2 Å². The number of aromatic nitrogens is 1. The van der Waals surface area contributed by atoms with E-state index in [1.54, 1.807) is 48.4 Å². The molecule has 1 aliphatic rings. The normalized spacial score (nSPS) is 17.8. The lowest BCUT2D eigenvalue weighted by Crippen LogP contribution is -2.35. The minimum absolute atomic E-state index is 0.0434. The van der Waals surface area contributed by atoms with Crippen LogP contribution in [0.4, 0.5) is 0 Å². The Morgan fingerprint density at radius 3 is 2.78 bits per heavy atom. The number of hydrogen-bond acceptors (Lipinski definition) is 6. The predicted molar refractivity (Wildman–Crippen MR) is 120 cm³/mol. The second-order valence-electron chi connectivity index (χ2n) is 7.15. The number of aromatic carboxylic acids is 1. The molecular formula is C23H21N3O5S. The van der Waals surface area contributed by atoms with Crippen molar-refractivity contribution in [2.45, 2.75) is 19.0 Å². The molecule has 3 heterocycles. The minimum atomic E-state index is -1.01. The number of carbonyl (C=O) groups is 2. The number of hydrogen-bond donors (Lipinski definition) is 2. The Hall–Kier alpha value is -3.72. The first kappa shape index (κ1) is 21.5. The molecule has 9 heteroatoms. The summed E-state index contributed by atoms with van der Waals surface area (Å²) in [6.45, 7) is 1.97. The van der Waals surface area contributed by atoms with E-state index >= 15 is 0 Å². The Morgan fingerprint density at radius 2 is 2.06 bits per heavy atom. The van der Waals surface area contributed by atoms with E-state index in [0.717, 1.165) is 5.69 Å². The first-order valence-electron chi connectivity index (χ1n) is 10.0. The third-order valence-electron chi connectivity index (χ3n) is 5.11. The Labute approximate surface area is 189 Å². The third kappa shape index (κ3) is 4.33. The van der Waals surface area contributed by atoms with Gasteiger partial charge in [0.1, 0.15) is 24.1 Å². The van der Waals surface area contributed by atoms with E-state index in [9.17, 15) is 14.7 Å². The molecule has 2 aromatic heterocycles. The molecule has 32 heavy (non-hydrogen) atoms. The lowest BCUT2D eigenvalue weighted by atomic mass is 10.0. The number of benzene rings is 1. The number of carbonyl (C=O) groups excluding carboxylic acids is 1. The zero-order valence-corrected chi connectivity index (χ0v) is 18.0. The Bertz CT molecular complexity index is 1150. The Balaban J connectivity index is 1.71. The van der Waals surface area contributed by atoms with Gasteiger partial charge in [0.25, 0.3) is 0 Å². The average Bonchev–Trinajstić information content (AvgIpc) is 3.40. The molecule has 164 valence electrons. The quantitative estimate of drug-likeness (QED) is 0.412. The van der Waals surface area contributed by atoms with Crippen molar-refractivity contribution in [2.75, 3.05) is 13.2 Å². The van der Waals surface area contributed by atoms with Crippen molar-refractivity contribution >= 4 is 29.3 Å². The van der Waals surface area contributed by atoms with Crippen LogP contribution in [0.5, 0.6) is 0 Å². The highest BCUT2D eigenvalue weighted by Crippen LogP contribution is 2.40. The SMILES string of the molecule is CCOC(=O)CN1C(=S)N[C@@H](c2ccccn2)[C@@H]1c1ccc(-c2cccc(C(=O)O)c2)o1. The molecule has 1 aliphatic heterocycles. The summed E-state index contributed by atoms with van der Waals surface area (Å²) in [5.74, 6) is -0.339. The van der Waals surface area contributed by atoms with Gasteiger partial charge in [-0.15, -0.1) is 0 Å². The zero-order valence-electron chi connectivity index (χ0n) is 17.2. The minimum Gasteiger partial charge on any atom is -0.478 e. The first-order valence-corrected chi connectivity index (χ1v) is 10.5. The molecule has 1 aromatic carbocycles. The van der Waals surface area contributed by atoms with E-state index in [4.69, 9.17) is 21.4 Å². The largest absolute Gasteiger partial charge is 0.478 e. The number of nitrogens with one attached hydrogen (secondary N) is 1. The lowest BCUT2D eigenvalue weighted by Gasteiger charge is -2.25. The van der Waals surface area contributed by atoms with E-state index in [2.05, 4.69) is 10.3 Å². The van der Waals surface area contributed by atoms with Crippen LogP contribution in [0.25, 0.3) is 11.3 Å². The van der Waals surface area contributed by atoms with E-state index in [0.29, 0.717) is 22.2 Å². The van der Waals surface area contributed by atoms with Crippen molar-refractivity contribution in [3.8, 4) is 11.3 Å². The smallest absolute Gasteiger partial charge is 0.335 e. The van der Waals surface area contributed by atoms with Crippen LogP contribution in [0, 0.1) is 0 Å². The molecule has 0 bridgehead atoms. The number of pyridine rings is 1. The molecule has 2 N–H and O–H groups in total. The highest BCUT2D eigenvalue weighted by Gasteiger charge is 2.42. The molecule has 8 nitrogen and oxygen atoms in total. The van der Waals surface area contributed by atoms with Crippen molar-refractivity contribution < 1.29 is 23.8 Å². The topological polar surface area (TPSA) is 105 Å². The van der Waals surface area contributed by atoms with Gasteiger partial charge in [0, 0.05) is 11.8 Å². The number of esters is 1. The summed E-state index contributed by atoms with van der Waals surface area (Å²) in [6, 6.07) is 14.9. The lowest BCUT2D eigenvalue weighted by molar-refractivity contribution is -0.143. The summed E-state index contributed by atoms with van der Waals surface area (Å²) in [4.78, 5) is 29.7. The van der Waals surface area contributed by atoms with Gasteiger partial charge in [0.15, 0.2) is 5.11 Å². The predicted octanol–water partition coefficient (Wildman–Crippen LogP) is 3.58. The van der Waals surface area contributed by atoms with Crippen molar-refractivity contribution in [3.63, 3.8) is 0 Å². The average molecular weight is 452 g/mol. The number of thiocarbonyl (C=S) groups is 1. The summed E-state index contributed by atoms with van der Waals surface area (Å²) in [5.41, 5.74) is 1.55. The van der Waals surface area contributed by atoms with E-state index in [1.165, 1.54) is 6.07 Å². The van der Waals surface area contributed by atoms with Crippen LogP contribution in [0.15, 0.2) is 65.2 Å². The Kier molecular flexibility index (Phi) is 6.18. The fourth-order valence-electron chi connectivity index (χ4n) is 3.70. The van der Waals surface area contributed by atoms with Crippen LogP contribution >= 0.6 is 12.2 Å². The summed E-state index contributed by atoms with van der Waals surface area (Å²) in [7, 11) is 0. The molecular weight excluding hydrogens is 430 g/mol. The fraction of sp³-hybridized carbons (Fsp3) is 0.217. The summed E-state index contributed by atoms with van der Waals surface area (Å²) in [6.07, 6.45) is 1.69. The molecule has 0 unspecified atom stereocenters.